The van der Waals surface area contributed by atoms with Gasteiger partial charge in [-0.05, 0) is 41.5 Å². The Morgan fingerprint density at radius 1 is 1.17 bits per heavy atom. The van der Waals surface area contributed by atoms with Crippen LogP contribution in [0, 0.1) is 17.1 Å². The molecule has 0 unspecified atom stereocenters. The van der Waals surface area contributed by atoms with Crippen LogP contribution in [0.15, 0.2) is 42.5 Å². The monoisotopic (exact) mass is 342 g/mol. The minimum atomic E-state index is -0.293. The fraction of sp³-hybridized carbons (Fsp3) is 0.211. The van der Waals surface area contributed by atoms with Crippen LogP contribution in [0.2, 0.25) is 5.02 Å². The van der Waals surface area contributed by atoms with E-state index in [4.69, 9.17) is 16.3 Å². The molecular formula is C19H16ClFN2O. The summed E-state index contributed by atoms with van der Waals surface area (Å²) in [5, 5.41) is 9.98. The molecule has 0 amide bonds. The van der Waals surface area contributed by atoms with E-state index < -0.39 is 0 Å². The normalized spacial score (nSPS) is 15.2. The molecule has 1 aliphatic rings. The number of nitrogens with zero attached hydrogens (tertiary/aromatic N) is 2. The van der Waals surface area contributed by atoms with Gasteiger partial charge in [-0.3, -0.25) is 0 Å². The molecule has 1 fully saturated rings. The van der Waals surface area contributed by atoms with E-state index in [1.54, 1.807) is 36.4 Å². The van der Waals surface area contributed by atoms with Crippen LogP contribution in [0.3, 0.4) is 0 Å². The number of halogens is 2. The summed E-state index contributed by atoms with van der Waals surface area (Å²) in [6, 6.07) is 14.2. The maximum absolute atomic E-state index is 14.4. The average molecular weight is 343 g/mol. The molecule has 1 aliphatic heterocycles. The highest BCUT2D eigenvalue weighted by atomic mass is 35.5. The highest BCUT2D eigenvalue weighted by molar-refractivity contribution is 6.30. The maximum atomic E-state index is 14.4. The quantitative estimate of drug-likeness (QED) is 0.613. The predicted molar refractivity (Wildman–Crippen MR) is 94.4 cm³/mol. The number of morpholine rings is 1. The molecule has 1 saturated heterocycles. The van der Waals surface area contributed by atoms with Crippen molar-refractivity contribution in [3.8, 4) is 6.07 Å². The van der Waals surface area contributed by atoms with Crippen molar-refractivity contribution in [2.45, 2.75) is 0 Å². The van der Waals surface area contributed by atoms with Crippen LogP contribution in [0.5, 0.6) is 0 Å². The molecule has 5 heteroatoms. The number of allylic oxidation sites excluding steroid dienone is 1. The fourth-order valence-electron chi connectivity index (χ4n) is 2.65. The fourth-order valence-corrected chi connectivity index (χ4v) is 2.78. The van der Waals surface area contributed by atoms with Gasteiger partial charge >= 0.3 is 0 Å². The molecule has 0 spiro atoms. The van der Waals surface area contributed by atoms with E-state index in [0.717, 1.165) is 5.56 Å². The molecule has 0 aliphatic carbocycles. The first-order chi connectivity index (χ1) is 11.7. The molecule has 122 valence electrons. The third kappa shape index (κ3) is 3.76. The number of ether oxygens (including phenoxy) is 1. The van der Waals surface area contributed by atoms with E-state index in [0.29, 0.717) is 48.1 Å². The SMILES string of the molecule is N#C/C(=C/c1ccc(N2CCOCC2)c(F)c1)c1ccc(Cl)cc1. The standard InChI is InChI=1S/C19H16ClFN2O/c20-17-4-2-15(3-5-17)16(13-22)11-14-1-6-19(18(21)12-14)23-7-9-24-10-8-23/h1-6,11-12H,7-10H2/b16-11-. The lowest BCUT2D eigenvalue weighted by Gasteiger charge is -2.29. The lowest BCUT2D eigenvalue weighted by atomic mass is 10.0. The third-order valence-electron chi connectivity index (χ3n) is 3.91. The summed E-state index contributed by atoms with van der Waals surface area (Å²) >= 11 is 5.87. The first-order valence-corrected chi connectivity index (χ1v) is 8.05. The summed E-state index contributed by atoms with van der Waals surface area (Å²) in [6.07, 6.45) is 1.68. The lowest BCUT2D eigenvalue weighted by Crippen LogP contribution is -2.36. The molecule has 0 saturated carbocycles. The molecule has 0 N–H and O–H groups in total. The van der Waals surface area contributed by atoms with Gasteiger partial charge in [-0.25, -0.2) is 4.39 Å². The van der Waals surface area contributed by atoms with E-state index in [1.165, 1.54) is 6.07 Å². The predicted octanol–water partition coefficient (Wildman–Crippen LogP) is 4.38. The van der Waals surface area contributed by atoms with Gasteiger partial charge in [0.2, 0.25) is 0 Å². The Labute approximate surface area is 145 Å². The molecule has 3 nitrogen and oxygen atoms in total. The summed E-state index contributed by atoms with van der Waals surface area (Å²) in [5.74, 6) is -0.293. The molecule has 24 heavy (non-hydrogen) atoms. The first kappa shape index (κ1) is 16.5. The van der Waals surface area contributed by atoms with Gasteiger partial charge in [-0.15, -0.1) is 0 Å². The number of hydrogen-bond acceptors (Lipinski definition) is 3. The van der Waals surface area contributed by atoms with Crippen LogP contribution in [0.4, 0.5) is 10.1 Å². The van der Waals surface area contributed by atoms with Crippen molar-refractivity contribution in [2.75, 3.05) is 31.2 Å². The summed E-state index contributed by atoms with van der Waals surface area (Å²) < 4.78 is 19.7. The second-order valence-corrected chi connectivity index (χ2v) is 5.92. The number of nitriles is 1. The summed E-state index contributed by atoms with van der Waals surface area (Å²) in [6.45, 7) is 2.58. The third-order valence-corrected chi connectivity index (χ3v) is 4.16. The van der Waals surface area contributed by atoms with Crippen molar-refractivity contribution in [1.82, 2.24) is 0 Å². The Hall–Kier alpha value is -2.35. The van der Waals surface area contributed by atoms with E-state index in [-0.39, 0.29) is 5.82 Å². The van der Waals surface area contributed by atoms with Crippen LogP contribution < -0.4 is 4.90 Å². The van der Waals surface area contributed by atoms with Crippen molar-refractivity contribution in [3.05, 3.63) is 64.4 Å². The second kappa shape index (κ2) is 7.48. The zero-order chi connectivity index (χ0) is 16.9. The minimum Gasteiger partial charge on any atom is -0.378 e. The van der Waals surface area contributed by atoms with Gasteiger partial charge < -0.3 is 9.64 Å². The Bertz CT molecular complexity index is 790. The van der Waals surface area contributed by atoms with E-state index in [1.807, 2.05) is 11.0 Å². The molecule has 0 bridgehead atoms. The molecular weight excluding hydrogens is 327 g/mol. The molecule has 2 aromatic carbocycles. The Morgan fingerprint density at radius 3 is 2.50 bits per heavy atom. The summed E-state index contributed by atoms with van der Waals surface area (Å²) in [7, 11) is 0. The van der Waals surface area contributed by atoms with E-state index >= 15 is 0 Å². The van der Waals surface area contributed by atoms with E-state index in [9.17, 15) is 9.65 Å². The van der Waals surface area contributed by atoms with Gasteiger partial charge in [0.05, 0.1) is 30.5 Å². The first-order valence-electron chi connectivity index (χ1n) is 7.67. The van der Waals surface area contributed by atoms with Crippen LogP contribution in [-0.2, 0) is 4.74 Å². The van der Waals surface area contributed by atoms with Crippen LogP contribution in [-0.4, -0.2) is 26.3 Å². The maximum Gasteiger partial charge on any atom is 0.147 e. The zero-order valence-electron chi connectivity index (χ0n) is 13.0. The van der Waals surface area contributed by atoms with Gasteiger partial charge in [0, 0.05) is 18.1 Å². The molecule has 2 aromatic rings. The Kier molecular flexibility index (Phi) is 5.14. The number of benzene rings is 2. The van der Waals surface area contributed by atoms with Gasteiger partial charge in [-0.2, -0.15) is 5.26 Å². The average Bonchev–Trinajstić information content (AvgIpc) is 2.61. The Morgan fingerprint density at radius 2 is 1.88 bits per heavy atom. The van der Waals surface area contributed by atoms with Crippen LogP contribution in [0.25, 0.3) is 11.6 Å². The van der Waals surface area contributed by atoms with E-state index in [2.05, 4.69) is 6.07 Å². The second-order valence-electron chi connectivity index (χ2n) is 5.49. The summed E-state index contributed by atoms with van der Waals surface area (Å²) in [4.78, 5) is 1.97. The van der Waals surface area contributed by atoms with Crippen molar-refractivity contribution >= 4 is 28.9 Å². The number of anilines is 1. The smallest absolute Gasteiger partial charge is 0.147 e. The Balaban J connectivity index is 1.87. The van der Waals surface area contributed by atoms with Crippen LogP contribution >= 0.6 is 11.6 Å². The zero-order valence-corrected chi connectivity index (χ0v) is 13.8. The van der Waals surface area contributed by atoms with Gasteiger partial charge in [0.25, 0.3) is 0 Å². The van der Waals surface area contributed by atoms with Crippen molar-refractivity contribution in [3.63, 3.8) is 0 Å². The molecule has 0 atom stereocenters. The highest BCUT2D eigenvalue weighted by Crippen LogP contribution is 2.25. The largest absolute Gasteiger partial charge is 0.378 e. The van der Waals surface area contributed by atoms with Gasteiger partial charge in [0.15, 0.2) is 0 Å². The number of hydrogen-bond donors (Lipinski definition) is 0. The molecule has 0 radical (unpaired) electrons. The summed E-state index contributed by atoms with van der Waals surface area (Å²) in [5.41, 5.74) is 2.43. The molecule has 1 heterocycles. The van der Waals surface area contributed by atoms with Gasteiger partial charge in [0.1, 0.15) is 5.82 Å². The van der Waals surface area contributed by atoms with Crippen LogP contribution in [0.1, 0.15) is 11.1 Å². The minimum absolute atomic E-state index is 0.293. The van der Waals surface area contributed by atoms with Crippen molar-refractivity contribution in [2.24, 2.45) is 0 Å². The van der Waals surface area contributed by atoms with Crippen molar-refractivity contribution < 1.29 is 9.13 Å². The highest BCUT2D eigenvalue weighted by Gasteiger charge is 2.15. The molecule has 0 aromatic heterocycles. The van der Waals surface area contributed by atoms with Gasteiger partial charge in [-0.1, -0.05) is 29.8 Å². The topological polar surface area (TPSA) is 36.3 Å². The lowest BCUT2D eigenvalue weighted by molar-refractivity contribution is 0.122. The number of rotatable bonds is 3. The molecule has 3 rings (SSSR count). The van der Waals surface area contributed by atoms with Crippen molar-refractivity contribution in [1.29, 1.82) is 5.26 Å².